The van der Waals surface area contributed by atoms with E-state index >= 15 is 0 Å². The second-order valence-electron chi connectivity index (χ2n) is 7.20. The molecule has 0 saturated carbocycles. The maximum atomic E-state index is 14.6. The molecule has 12 heteroatoms. The molecule has 1 saturated heterocycles. The molecular formula is C20H20F2N2O7S. The van der Waals surface area contributed by atoms with E-state index in [1.54, 1.807) is 30.3 Å². The van der Waals surface area contributed by atoms with Crippen LogP contribution in [0.5, 0.6) is 0 Å². The van der Waals surface area contributed by atoms with E-state index in [1.165, 1.54) is 0 Å². The molecule has 0 bridgehead atoms. The summed E-state index contributed by atoms with van der Waals surface area (Å²) in [5, 5.41) is 10.7. The number of ether oxygens (including phenoxy) is 1. The van der Waals surface area contributed by atoms with Gasteiger partial charge >= 0.3 is 6.09 Å². The Balaban J connectivity index is 1.55. The standard InChI is InChI=1S/C20H20F2N2O7S/c21-20(22)14-23(19(25)30-12-15-4-2-1-3-5-15)11-10-16(20)13-31-32(28,29)18-8-6-17(7-9-18)24(26)27/h1-9,16H,10-14H2. The van der Waals surface area contributed by atoms with Crippen LogP contribution < -0.4 is 0 Å². The number of carbonyl (C=O) groups excluding carboxylic acids is 1. The van der Waals surface area contributed by atoms with E-state index < -0.39 is 46.1 Å². The van der Waals surface area contributed by atoms with Gasteiger partial charge in [-0.1, -0.05) is 30.3 Å². The van der Waals surface area contributed by atoms with E-state index in [4.69, 9.17) is 8.92 Å². The molecule has 3 rings (SSSR count). The van der Waals surface area contributed by atoms with Gasteiger partial charge in [0, 0.05) is 18.7 Å². The monoisotopic (exact) mass is 470 g/mol. The lowest BCUT2D eigenvalue weighted by molar-refractivity contribution is -0.384. The Labute approximate surface area is 182 Å². The number of piperidine rings is 1. The number of halogens is 2. The average Bonchev–Trinajstić information content (AvgIpc) is 2.76. The summed E-state index contributed by atoms with van der Waals surface area (Å²) in [6.07, 6.45) is -1.07. The summed E-state index contributed by atoms with van der Waals surface area (Å²) in [5.74, 6) is -4.83. The van der Waals surface area contributed by atoms with Gasteiger partial charge in [0.1, 0.15) is 6.61 Å². The van der Waals surface area contributed by atoms with Crippen molar-refractivity contribution in [3.05, 3.63) is 70.3 Å². The van der Waals surface area contributed by atoms with Gasteiger partial charge in [-0.05, 0) is 24.1 Å². The molecule has 0 aromatic heterocycles. The van der Waals surface area contributed by atoms with E-state index in [1.807, 2.05) is 0 Å². The van der Waals surface area contributed by atoms with Gasteiger partial charge in [0.15, 0.2) is 0 Å². The number of rotatable bonds is 7. The lowest BCUT2D eigenvalue weighted by Gasteiger charge is -2.37. The molecule has 9 nitrogen and oxygen atoms in total. The topological polar surface area (TPSA) is 116 Å². The fourth-order valence-corrected chi connectivity index (χ4v) is 4.08. The lowest BCUT2D eigenvalue weighted by atomic mass is 9.94. The summed E-state index contributed by atoms with van der Waals surface area (Å²) < 4.78 is 63.5. The molecule has 32 heavy (non-hydrogen) atoms. The summed E-state index contributed by atoms with van der Waals surface area (Å²) in [6, 6.07) is 12.7. The highest BCUT2D eigenvalue weighted by atomic mass is 32.2. The Bertz CT molecular complexity index is 1060. The first-order valence-electron chi connectivity index (χ1n) is 9.56. The zero-order chi connectivity index (χ0) is 23.4. The molecule has 0 radical (unpaired) electrons. The second kappa shape index (κ2) is 9.57. The summed E-state index contributed by atoms with van der Waals surface area (Å²) in [7, 11) is -4.38. The maximum absolute atomic E-state index is 14.6. The summed E-state index contributed by atoms with van der Waals surface area (Å²) >= 11 is 0. The fourth-order valence-electron chi connectivity index (χ4n) is 3.13. The number of hydrogen-bond donors (Lipinski definition) is 0. The summed E-state index contributed by atoms with van der Waals surface area (Å²) in [4.78, 5) is 22.6. The van der Waals surface area contributed by atoms with Crippen LogP contribution in [-0.4, -0.2) is 50.0 Å². The number of non-ortho nitro benzene ring substituents is 1. The van der Waals surface area contributed by atoms with Crippen molar-refractivity contribution in [3.63, 3.8) is 0 Å². The Kier molecular flexibility index (Phi) is 7.04. The molecule has 0 N–H and O–H groups in total. The van der Waals surface area contributed by atoms with Crippen LogP contribution in [0.25, 0.3) is 0 Å². The Morgan fingerprint density at radius 2 is 1.81 bits per heavy atom. The molecule has 2 aromatic rings. The quantitative estimate of drug-likeness (QED) is 0.345. The van der Waals surface area contributed by atoms with Crippen molar-refractivity contribution in [2.75, 3.05) is 19.7 Å². The molecule has 2 aromatic carbocycles. The van der Waals surface area contributed by atoms with Crippen molar-refractivity contribution >= 4 is 21.9 Å². The minimum Gasteiger partial charge on any atom is -0.445 e. The van der Waals surface area contributed by atoms with Crippen molar-refractivity contribution < 1.29 is 35.8 Å². The minimum atomic E-state index is -4.38. The van der Waals surface area contributed by atoms with Gasteiger partial charge in [0.2, 0.25) is 0 Å². The number of alkyl halides is 2. The second-order valence-corrected chi connectivity index (χ2v) is 8.81. The number of hydrogen-bond acceptors (Lipinski definition) is 7. The van der Waals surface area contributed by atoms with Crippen LogP contribution in [-0.2, 0) is 25.6 Å². The third-order valence-corrected chi connectivity index (χ3v) is 6.27. The number of likely N-dealkylation sites (tertiary alicyclic amines) is 1. The van der Waals surface area contributed by atoms with Gasteiger partial charge in [-0.25, -0.2) is 13.6 Å². The molecular weight excluding hydrogens is 450 g/mol. The average molecular weight is 470 g/mol. The molecule has 1 heterocycles. The fraction of sp³-hybridized carbons (Fsp3) is 0.350. The molecule has 1 aliphatic rings. The lowest BCUT2D eigenvalue weighted by Crippen LogP contribution is -2.52. The summed E-state index contributed by atoms with van der Waals surface area (Å²) in [6.45, 7) is -1.82. The van der Waals surface area contributed by atoms with Crippen LogP contribution in [0.4, 0.5) is 19.3 Å². The van der Waals surface area contributed by atoms with Crippen molar-refractivity contribution in [2.45, 2.75) is 23.8 Å². The van der Waals surface area contributed by atoms with Gasteiger partial charge in [0.05, 0.1) is 28.9 Å². The zero-order valence-corrected chi connectivity index (χ0v) is 17.5. The van der Waals surface area contributed by atoms with Crippen LogP contribution in [0, 0.1) is 16.0 Å². The van der Waals surface area contributed by atoms with Gasteiger partial charge < -0.3 is 9.64 Å². The van der Waals surface area contributed by atoms with E-state index in [2.05, 4.69) is 0 Å². The van der Waals surface area contributed by atoms with Gasteiger partial charge in [0.25, 0.3) is 21.7 Å². The van der Waals surface area contributed by atoms with Crippen LogP contribution in [0.1, 0.15) is 12.0 Å². The van der Waals surface area contributed by atoms with E-state index in [9.17, 15) is 32.1 Å². The molecule has 1 unspecified atom stereocenters. The predicted molar refractivity (Wildman–Crippen MR) is 107 cm³/mol. The molecule has 1 atom stereocenters. The van der Waals surface area contributed by atoms with Gasteiger partial charge in [-0.2, -0.15) is 8.42 Å². The SMILES string of the molecule is O=C(OCc1ccccc1)N1CCC(COS(=O)(=O)c2ccc([N+](=O)[O-])cc2)C(F)(F)C1. The van der Waals surface area contributed by atoms with Crippen molar-refractivity contribution in [1.29, 1.82) is 0 Å². The summed E-state index contributed by atoms with van der Waals surface area (Å²) in [5.41, 5.74) is 0.398. The Morgan fingerprint density at radius 1 is 1.16 bits per heavy atom. The Morgan fingerprint density at radius 3 is 2.41 bits per heavy atom. The van der Waals surface area contributed by atoms with Crippen molar-refractivity contribution in [1.82, 2.24) is 4.90 Å². The van der Waals surface area contributed by atoms with E-state index in [-0.39, 0.29) is 30.2 Å². The highest BCUT2D eigenvalue weighted by Gasteiger charge is 2.47. The number of amides is 1. The highest BCUT2D eigenvalue weighted by molar-refractivity contribution is 7.86. The number of nitro benzene ring substituents is 1. The smallest absolute Gasteiger partial charge is 0.410 e. The minimum absolute atomic E-state index is 0.0468. The largest absolute Gasteiger partial charge is 0.445 e. The van der Waals surface area contributed by atoms with Crippen LogP contribution >= 0.6 is 0 Å². The van der Waals surface area contributed by atoms with Crippen molar-refractivity contribution in [2.24, 2.45) is 5.92 Å². The first-order chi connectivity index (χ1) is 15.1. The molecule has 1 fully saturated rings. The first-order valence-corrected chi connectivity index (χ1v) is 11.0. The van der Waals surface area contributed by atoms with Gasteiger partial charge in [-0.15, -0.1) is 0 Å². The van der Waals surface area contributed by atoms with E-state index in [0.717, 1.165) is 29.2 Å². The third-order valence-electron chi connectivity index (χ3n) is 4.97. The number of nitrogens with zero attached hydrogens (tertiary/aromatic N) is 2. The zero-order valence-electron chi connectivity index (χ0n) is 16.7. The molecule has 0 spiro atoms. The van der Waals surface area contributed by atoms with Crippen molar-refractivity contribution in [3.8, 4) is 0 Å². The predicted octanol–water partition coefficient (Wildman–Crippen LogP) is 3.59. The molecule has 1 amide bonds. The molecule has 172 valence electrons. The first kappa shape index (κ1) is 23.5. The molecule has 1 aliphatic heterocycles. The molecule has 0 aliphatic carbocycles. The van der Waals surface area contributed by atoms with Gasteiger partial charge in [-0.3, -0.25) is 14.3 Å². The number of benzene rings is 2. The van der Waals surface area contributed by atoms with Crippen LogP contribution in [0.3, 0.4) is 0 Å². The van der Waals surface area contributed by atoms with E-state index in [0.29, 0.717) is 5.56 Å². The number of nitro groups is 1. The normalized spacial score (nSPS) is 18.2. The van der Waals surface area contributed by atoms with Crippen LogP contribution in [0.2, 0.25) is 0 Å². The third kappa shape index (κ3) is 5.77. The van der Waals surface area contributed by atoms with Crippen LogP contribution in [0.15, 0.2) is 59.5 Å². The highest BCUT2D eigenvalue weighted by Crippen LogP contribution is 2.34. The maximum Gasteiger partial charge on any atom is 0.410 e. The number of carbonyl (C=O) groups is 1. The Hall–Kier alpha value is -3.12.